The van der Waals surface area contributed by atoms with Crippen LogP contribution >= 0.6 is 22.9 Å². The van der Waals surface area contributed by atoms with Crippen LogP contribution in [0.15, 0.2) is 81.7 Å². The van der Waals surface area contributed by atoms with Gasteiger partial charge in [-0.25, -0.2) is 9.79 Å². The molecule has 1 aliphatic heterocycles. The molecule has 0 bridgehead atoms. The number of hydrogen-bond acceptors (Lipinski definition) is 9. The number of aromatic nitrogens is 1. The molecular formula is C36H34ClN3O6S. The highest BCUT2D eigenvalue weighted by Gasteiger charge is 2.36. The van der Waals surface area contributed by atoms with Crippen molar-refractivity contribution in [3.05, 3.63) is 119 Å². The van der Waals surface area contributed by atoms with Gasteiger partial charge in [0.15, 0.2) is 16.3 Å². The molecule has 1 atom stereocenters. The number of carbonyl (C=O) groups is 1. The van der Waals surface area contributed by atoms with E-state index in [-0.39, 0.29) is 24.3 Å². The third-order valence-electron chi connectivity index (χ3n) is 7.46. The lowest BCUT2D eigenvalue weighted by Crippen LogP contribution is -2.40. The van der Waals surface area contributed by atoms with Gasteiger partial charge < -0.3 is 18.9 Å². The molecule has 0 spiro atoms. The van der Waals surface area contributed by atoms with Gasteiger partial charge in [0, 0.05) is 16.1 Å². The predicted molar refractivity (Wildman–Crippen MR) is 181 cm³/mol. The highest BCUT2D eigenvalue weighted by Crippen LogP contribution is 2.38. The quantitative estimate of drug-likeness (QED) is 0.168. The van der Waals surface area contributed by atoms with E-state index < -0.39 is 12.0 Å². The lowest BCUT2D eigenvalue weighted by Gasteiger charge is -2.27. The lowest BCUT2D eigenvalue weighted by atomic mass is 9.93. The van der Waals surface area contributed by atoms with Crippen LogP contribution in [-0.2, 0) is 16.1 Å². The van der Waals surface area contributed by atoms with Crippen molar-refractivity contribution in [3.63, 3.8) is 0 Å². The summed E-state index contributed by atoms with van der Waals surface area (Å²) in [5.41, 5.74) is 3.08. The molecular weight excluding hydrogens is 638 g/mol. The average molecular weight is 672 g/mol. The van der Waals surface area contributed by atoms with E-state index in [0.29, 0.717) is 67.0 Å². The fourth-order valence-electron chi connectivity index (χ4n) is 5.40. The fraction of sp³-hybridized carbons (Fsp3) is 0.278. The third kappa shape index (κ3) is 7.12. The molecule has 1 aromatic heterocycles. The number of hydrogen-bond donors (Lipinski definition) is 0. The number of fused-ring (bicyclic) bond motifs is 1. The normalized spacial score (nSPS) is 14.2. The zero-order chi connectivity index (χ0) is 33.5. The van der Waals surface area contributed by atoms with Crippen LogP contribution in [-0.4, -0.2) is 30.9 Å². The van der Waals surface area contributed by atoms with Crippen LogP contribution in [0.5, 0.6) is 17.2 Å². The first kappa shape index (κ1) is 33.5. The van der Waals surface area contributed by atoms with Crippen LogP contribution in [0, 0.1) is 11.3 Å². The number of ether oxygens (including phenoxy) is 4. The highest BCUT2D eigenvalue weighted by molar-refractivity contribution is 7.07. The van der Waals surface area contributed by atoms with Gasteiger partial charge in [-0.1, -0.05) is 60.5 Å². The van der Waals surface area contributed by atoms with Gasteiger partial charge in [0.2, 0.25) is 0 Å². The molecule has 0 saturated carbocycles. The zero-order valence-corrected chi connectivity index (χ0v) is 28.1. The molecule has 3 aromatic carbocycles. The highest BCUT2D eigenvalue weighted by atomic mass is 35.5. The Kier molecular flexibility index (Phi) is 10.8. The van der Waals surface area contributed by atoms with Gasteiger partial charge in [0.25, 0.3) is 5.56 Å². The Hall–Kier alpha value is -4.85. The second-order valence-electron chi connectivity index (χ2n) is 10.5. The number of nitrogens with zero attached hydrogens (tertiary/aromatic N) is 3. The van der Waals surface area contributed by atoms with Crippen LogP contribution in [0.25, 0.3) is 6.08 Å². The molecule has 242 valence electrons. The summed E-state index contributed by atoms with van der Waals surface area (Å²) in [7, 11) is 1.53. The Balaban J connectivity index is 1.63. The molecule has 0 amide bonds. The number of rotatable bonds is 12. The van der Waals surface area contributed by atoms with Gasteiger partial charge in [-0.2, -0.15) is 5.26 Å². The summed E-state index contributed by atoms with van der Waals surface area (Å²) < 4.78 is 25.0. The number of esters is 1. The second-order valence-corrected chi connectivity index (χ2v) is 11.9. The van der Waals surface area contributed by atoms with E-state index >= 15 is 0 Å². The number of benzene rings is 3. The smallest absolute Gasteiger partial charge is 0.338 e. The van der Waals surface area contributed by atoms with Gasteiger partial charge in [-0.15, -0.1) is 0 Å². The van der Waals surface area contributed by atoms with Crippen LogP contribution in [0.1, 0.15) is 61.9 Å². The van der Waals surface area contributed by atoms with E-state index in [1.807, 2.05) is 38.1 Å². The van der Waals surface area contributed by atoms with Crippen molar-refractivity contribution >= 4 is 35.0 Å². The molecule has 47 heavy (non-hydrogen) atoms. The first-order valence-corrected chi connectivity index (χ1v) is 16.5. The lowest BCUT2D eigenvalue weighted by molar-refractivity contribution is -0.139. The second kappa shape index (κ2) is 15.2. The van der Waals surface area contributed by atoms with E-state index in [1.165, 1.54) is 23.0 Å². The number of allylic oxidation sites excluding steroid dienone is 1. The molecule has 0 unspecified atom stereocenters. The monoisotopic (exact) mass is 671 g/mol. The van der Waals surface area contributed by atoms with Crippen molar-refractivity contribution in [1.29, 1.82) is 5.26 Å². The molecule has 0 aliphatic carbocycles. The largest absolute Gasteiger partial charge is 0.496 e. The summed E-state index contributed by atoms with van der Waals surface area (Å²) in [6.07, 6.45) is 3.00. The summed E-state index contributed by atoms with van der Waals surface area (Å²) in [5, 5.41) is 9.87. The number of halogens is 1. The maximum absolute atomic E-state index is 14.2. The summed E-state index contributed by atoms with van der Waals surface area (Å²) in [6.45, 7) is 6.37. The van der Waals surface area contributed by atoms with Crippen LogP contribution in [0.4, 0.5) is 0 Å². The van der Waals surface area contributed by atoms with Gasteiger partial charge >= 0.3 is 5.97 Å². The van der Waals surface area contributed by atoms with Crippen molar-refractivity contribution in [1.82, 2.24) is 4.57 Å². The molecule has 11 heteroatoms. The van der Waals surface area contributed by atoms with Crippen LogP contribution < -0.4 is 29.1 Å². The van der Waals surface area contributed by atoms with Crippen molar-refractivity contribution in [2.75, 3.05) is 20.3 Å². The summed E-state index contributed by atoms with van der Waals surface area (Å²) in [5.74, 6) is 0.938. The molecule has 9 nitrogen and oxygen atoms in total. The van der Waals surface area contributed by atoms with E-state index in [0.717, 1.165) is 12.0 Å². The Morgan fingerprint density at radius 2 is 1.83 bits per heavy atom. The number of nitriles is 1. The van der Waals surface area contributed by atoms with Gasteiger partial charge in [0.05, 0.1) is 47.8 Å². The SMILES string of the molecule is CCCC1=C(C(=O)OCC)[C@H](c2cc(Cl)ccc2OC)n2c(s/c(=C/c3ccc(OCc4ccccc4C#N)c(OCC)c3)c2=O)=N1. The Morgan fingerprint density at radius 3 is 2.55 bits per heavy atom. The van der Waals surface area contributed by atoms with E-state index in [4.69, 9.17) is 35.5 Å². The van der Waals surface area contributed by atoms with Gasteiger partial charge in [-0.05, 0) is 68.3 Å². The zero-order valence-electron chi connectivity index (χ0n) is 26.5. The predicted octanol–water partition coefficient (Wildman–Crippen LogP) is 6.09. The molecule has 0 fully saturated rings. The molecule has 5 rings (SSSR count). The summed E-state index contributed by atoms with van der Waals surface area (Å²) in [4.78, 5) is 33.0. The van der Waals surface area contributed by atoms with E-state index in [1.54, 1.807) is 49.4 Å². The maximum Gasteiger partial charge on any atom is 0.338 e. The topological polar surface area (TPSA) is 112 Å². The molecule has 0 saturated heterocycles. The Labute approximate surface area is 281 Å². The third-order valence-corrected chi connectivity index (χ3v) is 8.68. The number of methoxy groups -OCH3 is 1. The van der Waals surface area contributed by atoms with E-state index in [2.05, 4.69) is 6.07 Å². The molecule has 2 heterocycles. The number of thiazole rings is 1. The molecule has 1 aliphatic rings. The minimum atomic E-state index is -0.867. The van der Waals surface area contributed by atoms with Crippen molar-refractivity contribution in [3.8, 4) is 23.3 Å². The van der Waals surface area contributed by atoms with Crippen LogP contribution in [0.3, 0.4) is 0 Å². The Bertz CT molecular complexity index is 2060. The summed E-state index contributed by atoms with van der Waals surface area (Å²) in [6, 6.07) is 19.1. The standard InChI is InChI=1S/C36H34ClN3O6S/c1-5-10-27-32(35(42)45-7-3)33(26-19-25(37)14-16-28(26)43-4)40-34(41)31(47-36(40)39-27)18-22-13-15-29(30(17-22)44-6-2)46-21-24-12-9-8-11-23(24)20-38/h8-9,11-19,33H,5-7,10,21H2,1-4H3/b31-18+/t33-/m0/s1. The van der Waals surface area contributed by atoms with Crippen LogP contribution in [0.2, 0.25) is 5.02 Å². The first-order chi connectivity index (χ1) is 22.8. The molecule has 0 N–H and O–H groups in total. The number of carbonyl (C=O) groups excluding carboxylic acids is 1. The van der Waals surface area contributed by atoms with Crippen molar-refractivity contribution < 1.29 is 23.7 Å². The van der Waals surface area contributed by atoms with Crippen molar-refractivity contribution in [2.24, 2.45) is 4.99 Å². The Morgan fingerprint density at radius 1 is 1.04 bits per heavy atom. The van der Waals surface area contributed by atoms with Crippen molar-refractivity contribution in [2.45, 2.75) is 46.3 Å². The molecule has 4 aromatic rings. The minimum Gasteiger partial charge on any atom is -0.496 e. The molecule has 0 radical (unpaired) electrons. The average Bonchev–Trinajstić information content (AvgIpc) is 3.38. The van der Waals surface area contributed by atoms with Gasteiger partial charge in [0.1, 0.15) is 18.4 Å². The van der Waals surface area contributed by atoms with E-state index in [9.17, 15) is 14.9 Å². The minimum absolute atomic E-state index is 0.165. The van der Waals surface area contributed by atoms with Gasteiger partial charge in [-0.3, -0.25) is 9.36 Å². The fourth-order valence-corrected chi connectivity index (χ4v) is 6.60. The first-order valence-electron chi connectivity index (χ1n) is 15.3. The summed E-state index contributed by atoms with van der Waals surface area (Å²) >= 11 is 7.68. The maximum atomic E-state index is 14.2.